The number of aryl methyl sites for hydroxylation is 2. The lowest BCUT2D eigenvalue weighted by Crippen LogP contribution is -1.81. The molecule has 0 fully saturated rings. The molecular weight excluding hydrogens is 208 g/mol. The van der Waals surface area contributed by atoms with Crippen molar-refractivity contribution in [3.63, 3.8) is 0 Å². The van der Waals surface area contributed by atoms with Gasteiger partial charge in [-0.2, -0.15) is 0 Å². The maximum absolute atomic E-state index is 10.3. The Morgan fingerprint density at radius 1 is 0.706 bits per heavy atom. The fourth-order valence-electron chi connectivity index (χ4n) is 2.35. The first kappa shape index (κ1) is 10.2. The molecule has 0 unspecified atom stereocenters. The second kappa shape index (κ2) is 3.49. The first-order valence-electron chi connectivity index (χ1n) is 5.78. The van der Waals surface area contributed by atoms with E-state index in [9.17, 15) is 5.11 Å². The number of aromatic hydroxyl groups is 1. The van der Waals surface area contributed by atoms with Crippen LogP contribution >= 0.6 is 0 Å². The van der Waals surface area contributed by atoms with Gasteiger partial charge in [-0.15, -0.1) is 0 Å². The normalized spacial score (nSPS) is 11.2. The average Bonchev–Trinajstić information content (AvgIpc) is 2.28. The van der Waals surface area contributed by atoms with Crippen LogP contribution in [0.15, 0.2) is 42.5 Å². The molecule has 84 valence electrons. The molecule has 1 N–H and O–H groups in total. The van der Waals surface area contributed by atoms with Crippen molar-refractivity contribution in [2.75, 3.05) is 0 Å². The molecule has 1 heteroatoms. The van der Waals surface area contributed by atoms with Gasteiger partial charge in [-0.25, -0.2) is 0 Å². The van der Waals surface area contributed by atoms with Gasteiger partial charge in [0.05, 0.1) is 0 Å². The minimum atomic E-state index is 0.387. The van der Waals surface area contributed by atoms with Gasteiger partial charge in [-0.1, -0.05) is 47.5 Å². The Hall–Kier alpha value is -2.02. The Labute approximate surface area is 100 Å². The Bertz CT molecular complexity index is 666. The van der Waals surface area contributed by atoms with Crippen LogP contribution in [0, 0.1) is 13.8 Å². The number of phenolic OH excluding ortho intramolecular Hbond substituents is 1. The van der Waals surface area contributed by atoms with Crippen molar-refractivity contribution in [2.24, 2.45) is 0 Å². The Kier molecular flexibility index (Phi) is 2.08. The molecule has 0 heterocycles. The fourth-order valence-corrected chi connectivity index (χ4v) is 2.35. The number of hydrogen-bond acceptors (Lipinski definition) is 1. The molecule has 0 aliphatic rings. The van der Waals surface area contributed by atoms with Crippen molar-refractivity contribution in [1.82, 2.24) is 0 Å². The topological polar surface area (TPSA) is 20.2 Å². The van der Waals surface area contributed by atoms with E-state index in [1.807, 2.05) is 24.3 Å². The van der Waals surface area contributed by atoms with Crippen LogP contribution in [0.2, 0.25) is 0 Å². The molecule has 0 spiro atoms. The maximum atomic E-state index is 10.3. The summed E-state index contributed by atoms with van der Waals surface area (Å²) in [7, 11) is 0. The van der Waals surface area contributed by atoms with Gasteiger partial charge in [-0.3, -0.25) is 0 Å². The van der Waals surface area contributed by atoms with Gasteiger partial charge in [0.1, 0.15) is 5.75 Å². The largest absolute Gasteiger partial charge is 0.507 e. The molecule has 0 radical (unpaired) electrons. The van der Waals surface area contributed by atoms with E-state index in [-0.39, 0.29) is 0 Å². The predicted octanol–water partition coefficient (Wildman–Crippen LogP) is 4.32. The molecule has 3 aromatic carbocycles. The second-order valence-corrected chi connectivity index (χ2v) is 4.67. The number of fused-ring (bicyclic) bond motifs is 2. The van der Waals surface area contributed by atoms with E-state index < -0.39 is 0 Å². The highest BCUT2D eigenvalue weighted by Gasteiger charge is 2.06. The molecule has 0 saturated carbocycles. The summed E-state index contributed by atoms with van der Waals surface area (Å²) in [6.07, 6.45) is 0. The Morgan fingerprint density at radius 2 is 1.18 bits per heavy atom. The first-order chi connectivity index (χ1) is 8.15. The Balaban J connectivity index is 2.52. The third kappa shape index (κ3) is 1.55. The standard InChI is InChI=1S/C16H14O/c1-10-3-5-14-12(7-10)9-13-8-11(2)4-6-15(13)16(14)17/h3-9,17H,1-2H3. The van der Waals surface area contributed by atoms with Gasteiger partial charge in [0, 0.05) is 10.8 Å². The molecule has 0 saturated heterocycles. The van der Waals surface area contributed by atoms with Crippen LogP contribution in [0.4, 0.5) is 0 Å². The predicted molar refractivity (Wildman–Crippen MR) is 72.6 cm³/mol. The SMILES string of the molecule is Cc1ccc2c(O)c3ccc(C)cc3cc2c1. The van der Waals surface area contributed by atoms with E-state index >= 15 is 0 Å². The molecule has 3 aromatic rings. The van der Waals surface area contributed by atoms with Gasteiger partial charge in [0.2, 0.25) is 0 Å². The lowest BCUT2D eigenvalue weighted by atomic mass is 9.99. The number of rotatable bonds is 0. The van der Waals surface area contributed by atoms with Gasteiger partial charge < -0.3 is 5.11 Å². The van der Waals surface area contributed by atoms with Crippen LogP contribution in [0.25, 0.3) is 21.5 Å². The van der Waals surface area contributed by atoms with Crippen molar-refractivity contribution < 1.29 is 5.11 Å². The second-order valence-electron chi connectivity index (χ2n) is 4.67. The highest BCUT2D eigenvalue weighted by Crippen LogP contribution is 2.34. The molecular formula is C16H14O. The summed E-state index contributed by atoms with van der Waals surface area (Å²) in [5.74, 6) is 0.387. The van der Waals surface area contributed by atoms with E-state index in [0.29, 0.717) is 5.75 Å². The molecule has 0 atom stereocenters. The van der Waals surface area contributed by atoms with Crippen molar-refractivity contribution in [3.05, 3.63) is 53.6 Å². The molecule has 17 heavy (non-hydrogen) atoms. The van der Waals surface area contributed by atoms with Crippen LogP contribution in [0.3, 0.4) is 0 Å². The summed E-state index contributed by atoms with van der Waals surface area (Å²) in [6.45, 7) is 4.13. The number of hydrogen-bond donors (Lipinski definition) is 1. The number of benzene rings is 3. The lowest BCUT2D eigenvalue weighted by Gasteiger charge is -2.07. The quantitative estimate of drug-likeness (QED) is 0.562. The van der Waals surface area contributed by atoms with Crippen LogP contribution in [-0.2, 0) is 0 Å². The molecule has 0 bridgehead atoms. The summed E-state index contributed by atoms with van der Waals surface area (Å²) >= 11 is 0. The molecule has 3 rings (SSSR count). The molecule has 0 amide bonds. The third-order valence-electron chi connectivity index (χ3n) is 3.24. The number of phenols is 1. The summed E-state index contributed by atoms with van der Waals surface area (Å²) in [5, 5.41) is 14.3. The van der Waals surface area contributed by atoms with Crippen LogP contribution < -0.4 is 0 Å². The Morgan fingerprint density at radius 3 is 1.65 bits per heavy atom. The minimum absolute atomic E-state index is 0.387. The highest BCUT2D eigenvalue weighted by molar-refractivity contribution is 6.05. The molecule has 0 aliphatic carbocycles. The van der Waals surface area contributed by atoms with E-state index in [4.69, 9.17) is 0 Å². The monoisotopic (exact) mass is 222 g/mol. The first-order valence-corrected chi connectivity index (χ1v) is 5.78. The zero-order valence-electron chi connectivity index (χ0n) is 9.99. The van der Waals surface area contributed by atoms with E-state index in [1.165, 1.54) is 11.1 Å². The molecule has 1 nitrogen and oxygen atoms in total. The van der Waals surface area contributed by atoms with E-state index in [1.54, 1.807) is 0 Å². The summed E-state index contributed by atoms with van der Waals surface area (Å²) in [5.41, 5.74) is 2.42. The van der Waals surface area contributed by atoms with Gasteiger partial charge in [0.15, 0.2) is 0 Å². The minimum Gasteiger partial charge on any atom is -0.507 e. The summed E-state index contributed by atoms with van der Waals surface area (Å²) in [6, 6.07) is 14.4. The lowest BCUT2D eigenvalue weighted by molar-refractivity contribution is 0.488. The average molecular weight is 222 g/mol. The highest BCUT2D eigenvalue weighted by atomic mass is 16.3. The van der Waals surface area contributed by atoms with Crippen LogP contribution in [0.1, 0.15) is 11.1 Å². The smallest absolute Gasteiger partial charge is 0.131 e. The van der Waals surface area contributed by atoms with Crippen molar-refractivity contribution in [1.29, 1.82) is 0 Å². The van der Waals surface area contributed by atoms with Gasteiger partial charge in [0.25, 0.3) is 0 Å². The van der Waals surface area contributed by atoms with Crippen molar-refractivity contribution in [2.45, 2.75) is 13.8 Å². The van der Waals surface area contributed by atoms with Gasteiger partial charge >= 0.3 is 0 Å². The molecule has 0 aliphatic heterocycles. The fraction of sp³-hybridized carbons (Fsp3) is 0.125. The molecule has 0 aromatic heterocycles. The van der Waals surface area contributed by atoms with E-state index in [2.05, 4.69) is 32.0 Å². The van der Waals surface area contributed by atoms with Crippen molar-refractivity contribution in [3.8, 4) is 5.75 Å². The van der Waals surface area contributed by atoms with Gasteiger partial charge in [-0.05, 0) is 30.7 Å². The van der Waals surface area contributed by atoms with E-state index in [0.717, 1.165) is 21.5 Å². The van der Waals surface area contributed by atoms with Crippen LogP contribution in [0.5, 0.6) is 5.75 Å². The maximum Gasteiger partial charge on any atom is 0.131 e. The summed E-state index contributed by atoms with van der Waals surface area (Å²) < 4.78 is 0. The van der Waals surface area contributed by atoms with Crippen LogP contribution in [-0.4, -0.2) is 5.11 Å². The summed E-state index contributed by atoms with van der Waals surface area (Å²) in [4.78, 5) is 0. The zero-order valence-corrected chi connectivity index (χ0v) is 9.99. The zero-order chi connectivity index (χ0) is 12.0. The third-order valence-corrected chi connectivity index (χ3v) is 3.24. The van der Waals surface area contributed by atoms with Crippen molar-refractivity contribution >= 4 is 21.5 Å².